The highest BCUT2D eigenvalue weighted by molar-refractivity contribution is 8.15. The summed E-state index contributed by atoms with van der Waals surface area (Å²) >= 11 is 1.41. The summed E-state index contributed by atoms with van der Waals surface area (Å²) in [5.41, 5.74) is 3.19. The zero-order chi connectivity index (χ0) is 19.2. The fraction of sp³-hybridized carbons (Fsp3) is 0.286. The van der Waals surface area contributed by atoms with Crippen LogP contribution in [0.15, 0.2) is 58.7 Å². The first kappa shape index (κ1) is 19.2. The van der Waals surface area contributed by atoms with Crippen LogP contribution in [0, 0.1) is 6.92 Å². The molecule has 1 saturated heterocycles. The predicted octanol–water partition coefficient (Wildman–Crippen LogP) is 3.95. The van der Waals surface area contributed by atoms with Gasteiger partial charge in [0.1, 0.15) is 5.75 Å². The molecule has 1 aliphatic rings. The van der Waals surface area contributed by atoms with Gasteiger partial charge in [-0.05, 0) is 44.9 Å². The first-order chi connectivity index (χ1) is 13.0. The summed E-state index contributed by atoms with van der Waals surface area (Å²) < 4.78 is 5.76. The molecular formula is C21H23N3O2S. The highest BCUT2D eigenvalue weighted by Gasteiger charge is 2.30. The van der Waals surface area contributed by atoms with Crippen LogP contribution in [-0.2, 0) is 11.2 Å². The summed E-state index contributed by atoms with van der Waals surface area (Å²) in [6.07, 6.45) is 2.40. The lowest BCUT2D eigenvalue weighted by molar-refractivity contribution is -0.118. The maximum atomic E-state index is 12.2. The van der Waals surface area contributed by atoms with E-state index in [4.69, 9.17) is 4.74 Å². The molecular weight excluding hydrogens is 358 g/mol. The minimum absolute atomic E-state index is 0.0296. The van der Waals surface area contributed by atoms with Crippen molar-refractivity contribution in [3.63, 3.8) is 0 Å². The van der Waals surface area contributed by atoms with Crippen molar-refractivity contribution in [2.24, 2.45) is 10.2 Å². The summed E-state index contributed by atoms with van der Waals surface area (Å²) in [6.45, 7) is 6.01. The third kappa shape index (κ3) is 5.44. The molecule has 1 heterocycles. The molecule has 0 aromatic heterocycles. The standard InChI is InChI=1S/C21H23N3O2S/c1-14(2)26-18-7-5-4-6-17(18)13-22-24-21-23-20(25)19(27-21)12-16-10-8-15(3)9-11-16/h4-11,13-14,19H,12H2,1-3H3,(H,23,24,25)/b22-13+. The summed E-state index contributed by atoms with van der Waals surface area (Å²) in [5.74, 6) is 0.731. The van der Waals surface area contributed by atoms with Crippen LogP contribution in [0.4, 0.5) is 0 Å². The summed E-state index contributed by atoms with van der Waals surface area (Å²) in [7, 11) is 0. The number of nitrogens with one attached hydrogen (secondary N) is 1. The number of amides is 1. The number of rotatable bonds is 6. The molecule has 1 aliphatic heterocycles. The van der Waals surface area contributed by atoms with Crippen molar-refractivity contribution in [2.75, 3.05) is 0 Å². The van der Waals surface area contributed by atoms with E-state index >= 15 is 0 Å². The minimum Gasteiger partial charge on any atom is -0.490 e. The summed E-state index contributed by atoms with van der Waals surface area (Å²) in [6, 6.07) is 15.9. The molecule has 0 spiro atoms. The van der Waals surface area contributed by atoms with Gasteiger partial charge in [0.05, 0.1) is 17.6 Å². The Morgan fingerprint density at radius 3 is 2.67 bits per heavy atom. The maximum Gasteiger partial charge on any atom is 0.239 e. The Morgan fingerprint density at radius 2 is 1.93 bits per heavy atom. The Kier molecular flexibility index (Phi) is 6.29. The largest absolute Gasteiger partial charge is 0.490 e. The number of nitrogens with zero attached hydrogens (tertiary/aromatic N) is 2. The summed E-state index contributed by atoms with van der Waals surface area (Å²) in [4.78, 5) is 12.2. The number of para-hydroxylation sites is 1. The lowest BCUT2D eigenvalue weighted by Crippen LogP contribution is -2.25. The van der Waals surface area contributed by atoms with Crippen LogP contribution in [0.2, 0.25) is 0 Å². The van der Waals surface area contributed by atoms with E-state index in [1.807, 2.05) is 45.0 Å². The number of thioether (sulfide) groups is 1. The molecule has 0 bridgehead atoms. The van der Waals surface area contributed by atoms with Gasteiger partial charge in [-0.15, -0.1) is 5.10 Å². The van der Waals surface area contributed by atoms with Crippen molar-refractivity contribution >= 4 is 29.1 Å². The highest BCUT2D eigenvalue weighted by atomic mass is 32.2. The van der Waals surface area contributed by atoms with Gasteiger partial charge in [-0.2, -0.15) is 5.10 Å². The number of carbonyl (C=O) groups excluding carboxylic acids is 1. The third-order valence-electron chi connectivity index (χ3n) is 3.95. The molecule has 1 atom stereocenters. The molecule has 3 rings (SSSR count). The molecule has 2 aromatic carbocycles. The topological polar surface area (TPSA) is 63.1 Å². The second-order valence-electron chi connectivity index (χ2n) is 6.64. The van der Waals surface area contributed by atoms with Crippen LogP contribution in [-0.4, -0.2) is 28.6 Å². The average Bonchev–Trinajstić information content (AvgIpc) is 2.97. The van der Waals surface area contributed by atoms with Gasteiger partial charge in [-0.25, -0.2) is 0 Å². The second-order valence-corrected chi connectivity index (χ2v) is 7.83. The van der Waals surface area contributed by atoms with Gasteiger partial charge in [0, 0.05) is 5.56 Å². The lowest BCUT2D eigenvalue weighted by atomic mass is 10.1. The average molecular weight is 382 g/mol. The molecule has 140 valence electrons. The van der Waals surface area contributed by atoms with Crippen LogP contribution in [0.1, 0.15) is 30.5 Å². The molecule has 0 aliphatic carbocycles. The molecule has 2 aromatic rings. The van der Waals surface area contributed by atoms with E-state index in [2.05, 4.69) is 39.8 Å². The number of aryl methyl sites for hydroxylation is 1. The van der Waals surface area contributed by atoms with E-state index in [9.17, 15) is 4.79 Å². The minimum atomic E-state index is -0.182. The van der Waals surface area contributed by atoms with Gasteiger partial charge in [0.2, 0.25) is 5.91 Å². The maximum absolute atomic E-state index is 12.2. The SMILES string of the molecule is Cc1ccc(CC2S/C(=N/N=C/c3ccccc3OC(C)C)NC2=O)cc1. The van der Waals surface area contributed by atoms with Crippen molar-refractivity contribution in [1.82, 2.24) is 5.32 Å². The first-order valence-corrected chi connectivity index (χ1v) is 9.79. The second kappa shape index (κ2) is 8.86. The van der Waals surface area contributed by atoms with Gasteiger partial charge in [0.15, 0.2) is 5.17 Å². The molecule has 6 heteroatoms. The van der Waals surface area contributed by atoms with Gasteiger partial charge in [-0.1, -0.05) is 53.7 Å². The molecule has 27 heavy (non-hydrogen) atoms. The van der Waals surface area contributed by atoms with E-state index in [0.29, 0.717) is 11.6 Å². The third-order valence-corrected chi connectivity index (χ3v) is 5.02. The lowest BCUT2D eigenvalue weighted by Gasteiger charge is -2.11. The normalized spacial score (nSPS) is 18.4. The number of ether oxygens (including phenoxy) is 1. The van der Waals surface area contributed by atoms with Crippen LogP contribution in [0.5, 0.6) is 5.75 Å². The number of hydrogen-bond donors (Lipinski definition) is 1. The Balaban J connectivity index is 1.64. The van der Waals surface area contributed by atoms with Gasteiger partial charge < -0.3 is 10.1 Å². The zero-order valence-electron chi connectivity index (χ0n) is 15.7. The molecule has 5 nitrogen and oxygen atoms in total. The monoisotopic (exact) mass is 381 g/mol. The van der Waals surface area contributed by atoms with Crippen molar-refractivity contribution in [3.8, 4) is 5.75 Å². The Labute approximate surface area is 163 Å². The highest BCUT2D eigenvalue weighted by Crippen LogP contribution is 2.24. The summed E-state index contributed by atoms with van der Waals surface area (Å²) in [5, 5.41) is 11.4. The molecule has 1 fully saturated rings. The number of carbonyl (C=O) groups is 1. The first-order valence-electron chi connectivity index (χ1n) is 8.91. The van der Waals surface area contributed by atoms with E-state index < -0.39 is 0 Å². The Bertz CT molecular complexity index is 860. The fourth-order valence-corrected chi connectivity index (χ4v) is 3.58. The molecule has 1 N–H and O–H groups in total. The van der Waals surface area contributed by atoms with E-state index in [0.717, 1.165) is 16.9 Å². The molecule has 1 unspecified atom stereocenters. The number of amidine groups is 1. The van der Waals surface area contributed by atoms with Crippen LogP contribution in [0.3, 0.4) is 0 Å². The van der Waals surface area contributed by atoms with Crippen LogP contribution < -0.4 is 10.1 Å². The van der Waals surface area contributed by atoms with Crippen LogP contribution in [0.25, 0.3) is 0 Å². The van der Waals surface area contributed by atoms with E-state index in [1.165, 1.54) is 17.3 Å². The number of hydrogen-bond acceptors (Lipinski definition) is 5. The van der Waals surface area contributed by atoms with Crippen molar-refractivity contribution < 1.29 is 9.53 Å². The predicted molar refractivity (Wildman–Crippen MR) is 112 cm³/mol. The van der Waals surface area contributed by atoms with Gasteiger partial charge >= 0.3 is 0 Å². The zero-order valence-corrected chi connectivity index (χ0v) is 16.5. The molecule has 0 radical (unpaired) electrons. The smallest absolute Gasteiger partial charge is 0.239 e. The van der Waals surface area contributed by atoms with Crippen molar-refractivity contribution in [3.05, 3.63) is 65.2 Å². The fourth-order valence-electron chi connectivity index (χ4n) is 2.62. The number of benzene rings is 2. The van der Waals surface area contributed by atoms with E-state index in [-0.39, 0.29) is 17.3 Å². The van der Waals surface area contributed by atoms with Crippen molar-refractivity contribution in [1.29, 1.82) is 0 Å². The Morgan fingerprint density at radius 1 is 1.19 bits per heavy atom. The van der Waals surface area contributed by atoms with Gasteiger partial charge in [-0.3, -0.25) is 4.79 Å². The van der Waals surface area contributed by atoms with Crippen LogP contribution >= 0.6 is 11.8 Å². The molecule has 0 saturated carbocycles. The molecule has 1 amide bonds. The van der Waals surface area contributed by atoms with E-state index in [1.54, 1.807) is 6.21 Å². The Hall–Kier alpha value is -2.60. The van der Waals surface area contributed by atoms with Gasteiger partial charge in [0.25, 0.3) is 0 Å². The quantitative estimate of drug-likeness (QED) is 0.609. The van der Waals surface area contributed by atoms with Crippen molar-refractivity contribution in [2.45, 2.75) is 38.5 Å².